The fourth-order valence-corrected chi connectivity index (χ4v) is 5.41. The number of hydrogen-bond acceptors (Lipinski definition) is 5. The van der Waals surface area contributed by atoms with Crippen molar-refractivity contribution in [3.05, 3.63) is 139 Å². The van der Waals surface area contributed by atoms with Gasteiger partial charge in [-0.15, -0.1) is 0 Å². The molecule has 0 unspecified atom stereocenters. The summed E-state index contributed by atoms with van der Waals surface area (Å²) >= 11 is 0. The van der Waals surface area contributed by atoms with E-state index in [-0.39, 0.29) is 0 Å². The zero-order chi connectivity index (χ0) is 28.5. The maximum atomic E-state index is 9.28. The van der Waals surface area contributed by atoms with Crippen LogP contribution in [0.25, 0.3) is 71.4 Å². The molecule has 194 valence electrons. The number of fused-ring (bicyclic) bond motifs is 2. The van der Waals surface area contributed by atoms with Gasteiger partial charge in [-0.3, -0.25) is 19.9 Å². The summed E-state index contributed by atoms with van der Waals surface area (Å²) in [6.45, 7) is 7.31. The van der Waals surface area contributed by atoms with Crippen LogP contribution < -0.4 is 0 Å². The van der Waals surface area contributed by atoms with Gasteiger partial charge >= 0.3 is 0 Å². The Hall–Kier alpha value is -6.24. The summed E-state index contributed by atoms with van der Waals surface area (Å²) in [7, 11) is 0. The number of nitrogens with zero attached hydrogens (tertiary/aromatic N) is 6. The molecule has 3 aromatic carbocycles. The number of pyridine rings is 4. The highest BCUT2D eigenvalue weighted by molar-refractivity contribution is 6.21. The average molecular weight is 537 g/mol. The van der Waals surface area contributed by atoms with E-state index in [4.69, 9.17) is 16.5 Å². The lowest BCUT2D eigenvalue weighted by atomic mass is 9.86. The summed E-state index contributed by atoms with van der Waals surface area (Å²) in [6.07, 6.45) is 7.03. The fraction of sp³-hybridized carbons (Fsp3) is 0. The molecular formula is C36H20N6. The van der Waals surface area contributed by atoms with Crippen molar-refractivity contribution in [3.63, 3.8) is 0 Å². The Bertz CT molecular complexity index is 1990. The molecule has 7 rings (SSSR count). The van der Waals surface area contributed by atoms with Crippen LogP contribution in [-0.2, 0) is 0 Å². The highest BCUT2D eigenvalue weighted by atomic mass is 14.8. The van der Waals surface area contributed by atoms with Crippen molar-refractivity contribution in [2.24, 2.45) is 0 Å². The molecule has 42 heavy (non-hydrogen) atoms. The normalized spacial score (nSPS) is 10.8. The molecule has 0 atom stereocenters. The van der Waals surface area contributed by atoms with Crippen molar-refractivity contribution in [1.29, 1.82) is 5.26 Å². The standard InChI is InChI=1S/C36H20N6/c1-38-26-15-17-40-34(19-26)32-13-11-25(22-42-32)36-29-8-4-2-6-27(29)35(28-7-3-5-9-30(28)36)24-10-12-31(41-21-24)33-18-23(20-37)14-16-39-33/h2-19,21-22H. The number of aromatic nitrogens is 4. The molecule has 0 aliphatic heterocycles. The third-order valence-electron chi connectivity index (χ3n) is 7.32. The summed E-state index contributed by atoms with van der Waals surface area (Å²) in [5.41, 5.74) is 8.05. The highest BCUT2D eigenvalue weighted by Gasteiger charge is 2.17. The van der Waals surface area contributed by atoms with Crippen molar-refractivity contribution < 1.29 is 0 Å². The van der Waals surface area contributed by atoms with E-state index in [1.165, 1.54) is 0 Å². The Morgan fingerprint density at radius 1 is 0.548 bits per heavy atom. The molecule has 4 aromatic heterocycles. The van der Waals surface area contributed by atoms with Gasteiger partial charge in [0, 0.05) is 35.9 Å². The van der Waals surface area contributed by atoms with Crippen LogP contribution in [-0.4, -0.2) is 19.9 Å². The van der Waals surface area contributed by atoms with E-state index in [1.54, 1.807) is 36.7 Å². The van der Waals surface area contributed by atoms with Gasteiger partial charge in [0.25, 0.3) is 0 Å². The maximum Gasteiger partial charge on any atom is 0.190 e. The molecule has 0 amide bonds. The van der Waals surface area contributed by atoms with Crippen LogP contribution in [0.15, 0.2) is 122 Å². The van der Waals surface area contributed by atoms with E-state index in [9.17, 15) is 5.26 Å². The van der Waals surface area contributed by atoms with Gasteiger partial charge in [0.2, 0.25) is 0 Å². The Kier molecular flexibility index (Phi) is 6.13. The first-order valence-electron chi connectivity index (χ1n) is 13.3. The molecule has 0 aliphatic carbocycles. The number of nitriles is 1. The lowest BCUT2D eigenvalue weighted by Crippen LogP contribution is -1.93. The minimum Gasteiger partial charge on any atom is -0.257 e. The van der Waals surface area contributed by atoms with E-state index >= 15 is 0 Å². The number of benzene rings is 3. The Balaban J connectivity index is 1.38. The molecule has 0 saturated carbocycles. The fourth-order valence-electron chi connectivity index (χ4n) is 5.41. The van der Waals surface area contributed by atoms with Crippen LogP contribution in [0.5, 0.6) is 0 Å². The zero-order valence-corrected chi connectivity index (χ0v) is 22.2. The largest absolute Gasteiger partial charge is 0.257 e. The predicted octanol–water partition coefficient (Wildman–Crippen LogP) is 8.66. The average Bonchev–Trinajstić information content (AvgIpc) is 3.07. The molecular weight excluding hydrogens is 516 g/mol. The van der Waals surface area contributed by atoms with E-state index in [1.807, 2.05) is 24.5 Å². The molecule has 6 heteroatoms. The topological polar surface area (TPSA) is 79.7 Å². The van der Waals surface area contributed by atoms with Crippen LogP contribution >= 0.6 is 0 Å². The minimum absolute atomic E-state index is 0.535. The van der Waals surface area contributed by atoms with Crippen LogP contribution in [0.1, 0.15) is 5.56 Å². The summed E-state index contributed by atoms with van der Waals surface area (Å²) in [4.78, 5) is 21.8. The molecule has 0 N–H and O–H groups in total. The summed E-state index contributed by atoms with van der Waals surface area (Å²) < 4.78 is 0. The molecule has 0 saturated heterocycles. The van der Waals surface area contributed by atoms with Gasteiger partial charge < -0.3 is 0 Å². The number of hydrogen-bond donors (Lipinski definition) is 0. The van der Waals surface area contributed by atoms with E-state index in [0.29, 0.717) is 28.3 Å². The van der Waals surface area contributed by atoms with E-state index in [2.05, 4.69) is 81.5 Å². The zero-order valence-electron chi connectivity index (χ0n) is 22.2. The smallest absolute Gasteiger partial charge is 0.190 e. The highest BCUT2D eigenvalue weighted by Crippen LogP contribution is 2.43. The summed E-state index contributed by atoms with van der Waals surface area (Å²) in [6, 6.07) is 33.9. The summed E-state index contributed by atoms with van der Waals surface area (Å²) in [5.74, 6) is 0. The third kappa shape index (κ3) is 4.30. The van der Waals surface area contributed by atoms with Crippen molar-refractivity contribution in [3.8, 4) is 51.1 Å². The van der Waals surface area contributed by atoms with Crippen LogP contribution in [0, 0.1) is 17.9 Å². The van der Waals surface area contributed by atoms with Gasteiger partial charge in [-0.05, 0) is 69.1 Å². The van der Waals surface area contributed by atoms with Crippen LogP contribution in [0.2, 0.25) is 0 Å². The van der Waals surface area contributed by atoms with Crippen molar-refractivity contribution in [1.82, 2.24) is 19.9 Å². The Morgan fingerprint density at radius 2 is 1.05 bits per heavy atom. The SMILES string of the molecule is [C-]#[N+]c1ccnc(-c2ccc(-c3c4ccccc4c(-c4ccc(-c5cc(C#N)ccn5)nc4)c4ccccc34)cn2)c1. The van der Waals surface area contributed by atoms with Crippen molar-refractivity contribution in [2.45, 2.75) is 0 Å². The number of rotatable bonds is 4. The lowest BCUT2D eigenvalue weighted by molar-refractivity contribution is 1.24. The van der Waals surface area contributed by atoms with Crippen LogP contribution in [0.4, 0.5) is 5.69 Å². The van der Waals surface area contributed by atoms with E-state index < -0.39 is 0 Å². The first kappa shape index (κ1) is 24.8. The molecule has 0 radical (unpaired) electrons. The molecule has 0 spiro atoms. The second-order valence-corrected chi connectivity index (χ2v) is 9.76. The van der Waals surface area contributed by atoms with E-state index in [0.717, 1.165) is 49.5 Å². The molecule has 0 aliphatic rings. The van der Waals surface area contributed by atoms with Gasteiger partial charge in [-0.2, -0.15) is 5.26 Å². The first-order valence-corrected chi connectivity index (χ1v) is 13.3. The monoisotopic (exact) mass is 536 g/mol. The van der Waals surface area contributed by atoms with Crippen LogP contribution in [0.3, 0.4) is 0 Å². The van der Waals surface area contributed by atoms with Gasteiger partial charge in [-0.1, -0.05) is 60.7 Å². The van der Waals surface area contributed by atoms with Gasteiger partial charge in [0.05, 0.1) is 41.0 Å². The molecule has 7 aromatic rings. The Labute approximate surface area is 242 Å². The second-order valence-electron chi connectivity index (χ2n) is 9.76. The third-order valence-corrected chi connectivity index (χ3v) is 7.32. The molecule has 4 heterocycles. The van der Waals surface area contributed by atoms with Gasteiger partial charge in [0.1, 0.15) is 0 Å². The maximum absolute atomic E-state index is 9.28. The van der Waals surface area contributed by atoms with Gasteiger partial charge in [0.15, 0.2) is 5.69 Å². The molecule has 0 bridgehead atoms. The predicted molar refractivity (Wildman–Crippen MR) is 165 cm³/mol. The van der Waals surface area contributed by atoms with Crippen molar-refractivity contribution >= 4 is 27.2 Å². The van der Waals surface area contributed by atoms with Gasteiger partial charge in [-0.25, -0.2) is 4.85 Å². The minimum atomic E-state index is 0.535. The Morgan fingerprint density at radius 3 is 1.50 bits per heavy atom. The first-order chi connectivity index (χ1) is 20.7. The molecule has 0 fully saturated rings. The quantitative estimate of drug-likeness (QED) is 0.166. The van der Waals surface area contributed by atoms with Crippen molar-refractivity contribution in [2.75, 3.05) is 0 Å². The lowest BCUT2D eigenvalue weighted by Gasteiger charge is -2.17. The summed E-state index contributed by atoms with van der Waals surface area (Å²) in [5, 5.41) is 13.7. The second kappa shape index (κ2) is 10.4. The molecule has 6 nitrogen and oxygen atoms in total.